The molecule has 5 nitrogen and oxygen atoms in total. The molecule has 5 heteroatoms. The van der Waals surface area contributed by atoms with E-state index in [0.29, 0.717) is 18.4 Å². The van der Waals surface area contributed by atoms with Crippen molar-refractivity contribution >= 4 is 5.96 Å². The molecule has 2 aliphatic carbocycles. The minimum atomic E-state index is 0.463. The minimum Gasteiger partial charge on any atom is -0.444 e. The number of hydrogen-bond donors (Lipinski definition) is 2. The van der Waals surface area contributed by atoms with Gasteiger partial charge in [-0.05, 0) is 62.5 Å². The maximum absolute atomic E-state index is 5.62. The highest BCUT2D eigenvalue weighted by atomic mass is 16.4. The number of oxazole rings is 1. The maximum atomic E-state index is 5.62. The van der Waals surface area contributed by atoms with Crippen LogP contribution in [0.15, 0.2) is 33.7 Å². The summed E-state index contributed by atoms with van der Waals surface area (Å²) < 4.78 is 5.62. The molecule has 2 aliphatic rings. The van der Waals surface area contributed by atoms with Crippen molar-refractivity contribution in [1.82, 2.24) is 15.6 Å². The first-order valence-corrected chi connectivity index (χ1v) is 9.70. The van der Waals surface area contributed by atoms with Gasteiger partial charge in [0, 0.05) is 13.1 Å². The van der Waals surface area contributed by atoms with Gasteiger partial charge in [-0.25, -0.2) is 9.98 Å². The zero-order valence-corrected chi connectivity index (χ0v) is 15.9. The summed E-state index contributed by atoms with van der Waals surface area (Å²) in [7, 11) is 0. The fourth-order valence-electron chi connectivity index (χ4n) is 4.30. The maximum Gasteiger partial charge on any atom is 0.216 e. The molecule has 0 spiro atoms. The fraction of sp³-hybridized carbons (Fsp3) is 0.524. The Hall–Kier alpha value is -2.30. The zero-order valence-electron chi connectivity index (χ0n) is 15.9. The molecule has 4 rings (SSSR count). The minimum absolute atomic E-state index is 0.463. The van der Waals surface area contributed by atoms with Crippen molar-refractivity contribution < 1.29 is 4.42 Å². The van der Waals surface area contributed by atoms with Gasteiger partial charge in [0.2, 0.25) is 5.89 Å². The van der Waals surface area contributed by atoms with E-state index in [2.05, 4.69) is 51.8 Å². The Kier molecular flexibility index (Phi) is 4.70. The third-order valence-electron chi connectivity index (χ3n) is 5.79. The van der Waals surface area contributed by atoms with Gasteiger partial charge in [-0.1, -0.05) is 24.3 Å². The molecule has 1 saturated carbocycles. The summed E-state index contributed by atoms with van der Waals surface area (Å²) in [5.74, 6) is 4.66. The zero-order chi connectivity index (χ0) is 18.1. The van der Waals surface area contributed by atoms with Gasteiger partial charge in [-0.3, -0.25) is 0 Å². The highest BCUT2D eigenvalue weighted by molar-refractivity contribution is 5.79. The highest BCUT2D eigenvalue weighted by Crippen LogP contribution is 2.59. The highest BCUT2D eigenvalue weighted by Gasteiger charge is 2.52. The summed E-state index contributed by atoms with van der Waals surface area (Å²) in [6.07, 6.45) is 2.54. The van der Waals surface area contributed by atoms with Crippen LogP contribution in [0.5, 0.6) is 0 Å². The summed E-state index contributed by atoms with van der Waals surface area (Å²) in [6, 6.07) is 8.95. The van der Waals surface area contributed by atoms with Crippen molar-refractivity contribution in [3.8, 4) is 0 Å². The molecule has 1 aromatic heterocycles. The van der Waals surface area contributed by atoms with Crippen LogP contribution in [-0.4, -0.2) is 24.0 Å². The third-order valence-corrected chi connectivity index (χ3v) is 5.79. The van der Waals surface area contributed by atoms with E-state index in [1.54, 1.807) is 11.1 Å². The van der Waals surface area contributed by atoms with Crippen LogP contribution in [-0.2, 0) is 13.0 Å². The molecule has 138 valence electrons. The summed E-state index contributed by atoms with van der Waals surface area (Å²) in [4.78, 5) is 9.04. The van der Waals surface area contributed by atoms with Crippen LogP contribution in [0.1, 0.15) is 47.7 Å². The molecule has 1 aromatic carbocycles. The van der Waals surface area contributed by atoms with E-state index >= 15 is 0 Å². The molecule has 1 heterocycles. The molecule has 0 bridgehead atoms. The van der Waals surface area contributed by atoms with Gasteiger partial charge < -0.3 is 15.1 Å². The van der Waals surface area contributed by atoms with Crippen LogP contribution in [0.2, 0.25) is 0 Å². The average molecular weight is 352 g/mol. The number of guanidine groups is 1. The van der Waals surface area contributed by atoms with Crippen molar-refractivity contribution in [2.24, 2.45) is 16.8 Å². The smallest absolute Gasteiger partial charge is 0.216 e. The van der Waals surface area contributed by atoms with Crippen LogP contribution in [0.3, 0.4) is 0 Å². The molecule has 3 atom stereocenters. The van der Waals surface area contributed by atoms with Crippen molar-refractivity contribution in [3.63, 3.8) is 0 Å². The number of aryl methyl sites for hydroxylation is 3. The van der Waals surface area contributed by atoms with Gasteiger partial charge in [0.05, 0.1) is 5.69 Å². The molecule has 2 N–H and O–H groups in total. The number of nitrogens with zero attached hydrogens (tertiary/aromatic N) is 2. The number of nitrogens with one attached hydrogen (secondary N) is 2. The predicted octanol–water partition coefficient (Wildman–Crippen LogP) is 3.32. The lowest BCUT2D eigenvalue weighted by atomic mass is 9.92. The molecule has 1 fully saturated rings. The van der Waals surface area contributed by atoms with Crippen molar-refractivity contribution in [1.29, 1.82) is 0 Å². The molecule has 26 heavy (non-hydrogen) atoms. The summed E-state index contributed by atoms with van der Waals surface area (Å²) >= 11 is 0. The summed E-state index contributed by atoms with van der Waals surface area (Å²) in [5.41, 5.74) is 4.06. The van der Waals surface area contributed by atoms with E-state index in [1.165, 1.54) is 12.8 Å². The van der Waals surface area contributed by atoms with Gasteiger partial charge in [0.25, 0.3) is 0 Å². The number of rotatable bonds is 5. The number of benzene rings is 1. The average Bonchev–Trinajstić information content (AvgIpc) is 3.28. The first-order chi connectivity index (χ1) is 12.7. The standard InChI is InChI=1S/C21H28N4O/c1-4-22-21(24-12-19-25-13(2)14(3)26-19)23-11-18-17-10-9-15-7-5-6-8-16(15)20(17)18/h5-8,17-18,20H,4,9-12H2,1-3H3,(H2,22,23,24). The quantitative estimate of drug-likeness (QED) is 0.640. The van der Waals surface area contributed by atoms with Gasteiger partial charge in [-0.2, -0.15) is 0 Å². The largest absolute Gasteiger partial charge is 0.444 e. The predicted molar refractivity (Wildman–Crippen MR) is 103 cm³/mol. The number of aliphatic imine (C=N–C) groups is 1. The van der Waals surface area contributed by atoms with E-state index in [1.807, 2.05) is 13.8 Å². The SMILES string of the molecule is CCNC(=NCc1nc(C)c(C)o1)NCC1C2CCc3ccccc3C21. The lowest BCUT2D eigenvalue weighted by molar-refractivity contribution is 0.472. The van der Waals surface area contributed by atoms with Crippen LogP contribution in [0.25, 0.3) is 0 Å². The molecular formula is C21H28N4O. The number of fused-ring (bicyclic) bond motifs is 3. The van der Waals surface area contributed by atoms with Gasteiger partial charge in [0.1, 0.15) is 12.3 Å². The second-order valence-electron chi connectivity index (χ2n) is 7.42. The lowest BCUT2D eigenvalue weighted by Gasteiger charge is -2.13. The van der Waals surface area contributed by atoms with Crippen LogP contribution in [0.4, 0.5) is 0 Å². The van der Waals surface area contributed by atoms with Crippen LogP contribution < -0.4 is 10.6 Å². The third kappa shape index (κ3) is 3.35. The topological polar surface area (TPSA) is 62.5 Å². The Balaban J connectivity index is 1.37. The Labute approximate surface area is 155 Å². The summed E-state index contributed by atoms with van der Waals surface area (Å²) in [6.45, 7) is 8.26. The second-order valence-corrected chi connectivity index (χ2v) is 7.42. The number of hydrogen-bond acceptors (Lipinski definition) is 3. The first kappa shape index (κ1) is 17.1. The molecule has 3 unspecified atom stereocenters. The first-order valence-electron chi connectivity index (χ1n) is 9.70. The van der Waals surface area contributed by atoms with Crippen molar-refractivity contribution in [3.05, 3.63) is 52.7 Å². The molecule has 0 radical (unpaired) electrons. The number of aromatic nitrogens is 1. The van der Waals surface area contributed by atoms with Crippen molar-refractivity contribution in [2.45, 2.75) is 46.1 Å². The van der Waals surface area contributed by atoms with E-state index < -0.39 is 0 Å². The van der Waals surface area contributed by atoms with Gasteiger partial charge in [0.15, 0.2) is 5.96 Å². The van der Waals surface area contributed by atoms with Crippen LogP contribution in [0, 0.1) is 25.7 Å². The Morgan fingerprint density at radius 2 is 2.12 bits per heavy atom. The van der Waals surface area contributed by atoms with E-state index in [-0.39, 0.29) is 0 Å². The molecule has 0 aliphatic heterocycles. The molecule has 0 amide bonds. The van der Waals surface area contributed by atoms with E-state index in [4.69, 9.17) is 4.42 Å². The monoisotopic (exact) mass is 352 g/mol. The van der Waals surface area contributed by atoms with Gasteiger partial charge in [-0.15, -0.1) is 0 Å². The van der Waals surface area contributed by atoms with Gasteiger partial charge >= 0.3 is 0 Å². The van der Waals surface area contributed by atoms with Crippen LogP contribution >= 0.6 is 0 Å². The summed E-state index contributed by atoms with van der Waals surface area (Å²) in [5, 5.41) is 6.86. The molecule has 2 aromatic rings. The lowest BCUT2D eigenvalue weighted by Crippen LogP contribution is -2.38. The van der Waals surface area contributed by atoms with Crippen molar-refractivity contribution in [2.75, 3.05) is 13.1 Å². The Morgan fingerprint density at radius 1 is 1.27 bits per heavy atom. The Bertz CT molecular complexity index is 791. The van der Waals surface area contributed by atoms with E-state index in [0.717, 1.165) is 42.3 Å². The fourth-order valence-corrected chi connectivity index (χ4v) is 4.30. The normalized spacial score (nSPS) is 24.0. The molecule has 0 saturated heterocycles. The molecular weight excluding hydrogens is 324 g/mol. The second kappa shape index (κ2) is 7.14. The van der Waals surface area contributed by atoms with E-state index in [9.17, 15) is 0 Å². The Morgan fingerprint density at radius 3 is 2.88 bits per heavy atom.